The third-order valence-corrected chi connectivity index (χ3v) is 4.37. The molecule has 3 nitrogen and oxygen atoms in total. The fourth-order valence-corrected chi connectivity index (χ4v) is 2.57. The second-order valence-electron chi connectivity index (χ2n) is 4.52. The van der Waals surface area contributed by atoms with E-state index >= 15 is 0 Å². The molecule has 0 unspecified atom stereocenters. The van der Waals surface area contributed by atoms with E-state index in [2.05, 4.69) is 5.32 Å². The van der Waals surface area contributed by atoms with Gasteiger partial charge in [0, 0.05) is 11.4 Å². The molecule has 0 atom stereocenters. The van der Waals surface area contributed by atoms with Crippen molar-refractivity contribution in [1.82, 2.24) is 0 Å². The fraction of sp³-hybridized carbons (Fsp3) is 0.500. The van der Waals surface area contributed by atoms with Gasteiger partial charge in [0.1, 0.15) is 0 Å². The molecule has 1 amide bonds. The molecule has 0 aliphatic carbocycles. The van der Waals surface area contributed by atoms with Crippen LogP contribution in [-0.2, 0) is 4.79 Å². The van der Waals surface area contributed by atoms with Crippen molar-refractivity contribution in [2.24, 2.45) is 11.1 Å². The molecule has 0 aliphatic rings. The van der Waals surface area contributed by atoms with E-state index in [9.17, 15) is 13.6 Å². The summed E-state index contributed by atoms with van der Waals surface area (Å²) in [4.78, 5) is 12.7. The van der Waals surface area contributed by atoms with Crippen LogP contribution >= 0.6 is 11.8 Å². The number of para-hydroxylation sites is 1. The highest BCUT2D eigenvalue weighted by molar-refractivity contribution is 7.99. The normalized spacial score (nSPS) is 11.7. The van der Waals surface area contributed by atoms with Gasteiger partial charge in [-0.25, -0.2) is 0 Å². The van der Waals surface area contributed by atoms with Crippen molar-refractivity contribution in [3.8, 4) is 0 Å². The third kappa shape index (κ3) is 3.93. The molecule has 1 aromatic rings. The number of amides is 1. The molecule has 6 heteroatoms. The van der Waals surface area contributed by atoms with Crippen molar-refractivity contribution < 1.29 is 13.6 Å². The minimum atomic E-state index is -2.52. The van der Waals surface area contributed by atoms with Crippen LogP contribution in [0.2, 0.25) is 0 Å². The molecule has 0 bridgehead atoms. The largest absolute Gasteiger partial charge is 0.329 e. The van der Waals surface area contributed by atoms with Gasteiger partial charge in [0.05, 0.1) is 11.1 Å². The average Bonchev–Trinajstić information content (AvgIpc) is 2.43. The molecule has 0 aromatic heterocycles. The monoisotopic (exact) mass is 302 g/mol. The maximum atomic E-state index is 12.5. The lowest BCUT2D eigenvalue weighted by Crippen LogP contribution is -2.41. The zero-order valence-corrected chi connectivity index (χ0v) is 12.5. The van der Waals surface area contributed by atoms with Gasteiger partial charge < -0.3 is 11.1 Å². The Bertz CT molecular complexity index is 442. The van der Waals surface area contributed by atoms with Gasteiger partial charge in [0.15, 0.2) is 0 Å². The van der Waals surface area contributed by atoms with E-state index in [1.165, 1.54) is 0 Å². The Balaban J connectivity index is 2.95. The summed E-state index contributed by atoms with van der Waals surface area (Å²) in [5.74, 6) is -2.74. The molecular formula is C14H20F2N2OS. The number of carbonyl (C=O) groups is 1. The van der Waals surface area contributed by atoms with Crippen molar-refractivity contribution in [1.29, 1.82) is 0 Å². The summed E-state index contributed by atoms with van der Waals surface area (Å²) in [6.45, 7) is 4.03. The second-order valence-corrected chi connectivity index (χ2v) is 5.55. The molecule has 0 aliphatic heterocycles. The maximum Gasteiger partial charge on any atom is 0.288 e. The van der Waals surface area contributed by atoms with Crippen LogP contribution in [0.1, 0.15) is 26.7 Å². The predicted molar refractivity (Wildman–Crippen MR) is 79.0 cm³/mol. The van der Waals surface area contributed by atoms with Crippen molar-refractivity contribution in [2.45, 2.75) is 37.3 Å². The van der Waals surface area contributed by atoms with E-state index in [1.54, 1.807) is 24.3 Å². The Morgan fingerprint density at radius 2 is 1.95 bits per heavy atom. The smallest absolute Gasteiger partial charge is 0.288 e. The molecule has 0 saturated carbocycles. The minimum Gasteiger partial charge on any atom is -0.329 e. The van der Waals surface area contributed by atoms with Crippen molar-refractivity contribution >= 4 is 23.4 Å². The van der Waals surface area contributed by atoms with E-state index in [-0.39, 0.29) is 12.5 Å². The number of nitrogens with two attached hydrogens (primary N) is 1. The molecule has 1 aromatic carbocycles. The molecular weight excluding hydrogens is 282 g/mol. The number of rotatable bonds is 7. The highest BCUT2D eigenvalue weighted by atomic mass is 32.2. The number of thioether (sulfide) groups is 1. The molecule has 1 rings (SSSR count). The third-order valence-electron chi connectivity index (χ3n) is 3.58. The van der Waals surface area contributed by atoms with Crippen LogP contribution in [0.15, 0.2) is 29.2 Å². The second kappa shape index (κ2) is 7.59. The first kappa shape index (κ1) is 16.9. The Morgan fingerprint density at radius 3 is 2.45 bits per heavy atom. The summed E-state index contributed by atoms with van der Waals surface area (Å²) in [7, 11) is 0. The number of anilines is 1. The van der Waals surface area contributed by atoms with Crippen molar-refractivity contribution in [3.63, 3.8) is 0 Å². The molecule has 0 fully saturated rings. The number of nitrogens with one attached hydrogen (secondary N) is 1. The van der Waals surface area contributed by atoms with Gasteiger partial charge in [0.2, 0.25) is 5.91 Å². The molecule has 0 radical (unpaired) electrons. The van der Waals surface area contributed by atoms with Gasteiger partial charge in [-0.15, -0.1) is 0 Å². The molecule has 0 spiro atoms. The van der Waals surface area contributed by atoms with Crippen LogP contribution in [0.3, 0.4) is 0 Å². The standard InChI is InChI=1S/C14H20F2N2OS/c1-3-14(4-2,9-17)12(19)18-10-7-5-6-8-11(10)20-13(15)16/h5-8,13H,3-4,9,17H2,1-2H3,(H,18,19). The molecule has 3 N–H and O–H groups in total. The summed E-state index contributed by atoms with van der Waals surface area (Å²) in [6.07, 6.45) is 1.21. The van der Waals surface area contributed by atoms with Crippen LogP contribution < -0.4 is 11.1 Å². The van der Waals surface area contributed by atoms with Crippen molar-refractivity contribution in [2.75, 3.05) is 11.9 Å². The van der Waals surface area contributed by atoms with E-state index in [4.69, 9.17) is 5.73 Å². The molecule has 0 heterocycles. The lowest BCUT2D eigenvalue weighted by atomic mass is 9.81. The average molecular weight is 302 g/mol. The first-order valence-electron chi connectivity index (χ1n) is 6.54. The lowest BCUT2D eigenvalue weighted by Gasteiger charge is -2.28. The number of carbonyl (C=O) groups excluding carboxylic acids is 1. The minimum absolute atomic E-state index is 0.215. The fourth-order valence-electron chi connectivity index (χ4n) is 1.98. The SMILES string of the molecule is CCC(CC)(CN)C(=O)Nc1ccccc1SC(F)F. The Morgan fingerprint density at radius 1 is 1.35 bits per heavy atom. The predicted octanol–water partition coefficient (Wildman–Crippen LogP) is 3.70. The number of alkyl halides is 2. The summed E-state index contributed by atoms with van der Waals surface area (Å²) >= 11 is 0.421. The highest BCUT2D eigenvalue weighted by Crippen LogP contribution is 2.33. The van der Waals surface area contributed by atoms with Crippen LogP contribution in [0.25, 0.3) is 0 Å². The van der Waals surface area contributed by atoms with Gasteiger partial charge in [-0.3, -0.25) is 4.79 Å². The zero-order chi connectivity index (χ0) is 15.2. The highest BCUT2D eigenvalue weighted by Gasteiger charge is 2.33. The van der Waals surface area contributed by atoms with E-state index in [0.29, 0.717) is 35.2 Å². The number of benzene rings is 1. The van der Waals surface area contributed by atoms with Crippen LogP contribution in [0.5, 0.6) is 0 Å². The number of halogens is 2. The summed E-state index contributed by atoms with van der Waals surface area (Å²) in [6, 6.07) is 6.55. The van der Waals surface area contributed by atoms with Gasteiger partial charge in [0.25, 0.3) is 5.76 Å². The molecule has 112 valence electrons. The van der Waals surface area contributed by atoms with E-state index in [0.717, 1.165) is 0 Å². The lowest BCUT2D eigenvalue weighted by molar-refractivity contribution is -0.125. The van der Waals surface area contributed by atoms with Gasteiger partial charge in [-0.05, 0) is 25.0 Å². The first-order chi connectivity index (χ1) is 9.49. The van der Waals surface area contributed by atoms with Crippen LogP contribution in [-0.4, -0.2) is 18.2 Å². The topological polar surface area (TPSA) is 55.1 Å². The molecule has 0 saturated heterocycles. The molecule has 20 heavy (non-hydrogen) atoms. The Labute approximate surface area is 122 Å². The van der Waals surface area contributed by atoms with Gasteiger partial charge in [-0.2, -0.15) is 8.78 Å². The van der Waals surface area contributed by atoms with E-state index < -0.39 is 11.2 Å². The zero-order valence-electron chi connectivity index (χ0n) is 11.7. The number of hydrogen-bond donors (Lipinski definition) is 2. The Kier molecular flexibility index (Phi) is 6.42. The van der Waals surface area contributed by atoms with Gasteiger partial charge in [-0.1, -0.05) is 37.7 Å². The first-order valence-corrected chi connectivity index (χ1v) is 7.42. The summed E-state index contributed by atoms with van der Waals surface area (Å²) in [5.41, 5.74) is 5.47. The van der Waals surface area contributed by atoms with Gasteiger partial charge >= 0.3 is 0 Å². The number of hydrogen-bond acceptors (Lipinski definition) is 3. The van der Waals surface area contributed by atoms with E-state index in [1.807, 2.05) is 13.8 Å². The Hall–Kier alpha value is -1.14. The van der Waals surface area contributed by atoms with Crippen molar-refractivity contribution in [3.05, 3.63) is 24.3 Å². The van der Waals surface area contributed by atoms with Crippen LogP contribution in [0, 0.1) is 5.41 Å². The maximum absolute atomic E-state index is 12.5. The van der Waals surface area contributed by atoms with Crippen LogP contribution in [0.4, 0.5) is 14.5 Å². The quantitative estimate of drug-likeness (QED) is 0.755. The summed E-state index contributed by atoms with van der Waals surface area (Å²) in [5, 5.41) is 2.74. The summed E-state index contributed by atoms with van der Waals surface area (Å²) < 4.78 is 25.0.